The van der Waals surface area contributed by atoms with Gasteiger partial charge in [-0.2, -0.15) is 0 Å². The van der Waals surface area contributed by atoms with Gasteiger partial charge in [0.05, 0.1) is 12.3 Å². The van der Waals surface area contributed by atoms with Crippen LogP contribution in [0.3, 0.4) is 0 Å². The number of hydrogen-bond acceptors (Lipinski definition) is 3. The second-order valence-electron chi connectivity index (χ2n) is 6.16. The molecule has 112 valence electrons. The minimum atomic E-state index is 0.591. The van der Waals surface area contributed by atoms with Crippen LogP contribution >= 0.6 is 0 Å². The molecule has 1 aromatic carbocycles. The molecule has 1 N–H and O–H groups in total. The summed E-state index contributed by atoms with van der Waals surface area (Å²) in [6.07, 6.45) is 2.53. The van der Waals surface area contributed by atoms with Crippen molar-refractivity contribution in [3.63, 3.8) is 0 Å². The number of methoxy groups -OCH3 is 1. The molecular weight excluding hydrogens is 250 g/mol. The molecular formula is C17H27NO2. The SMILES string of the molecule is COCCOc1cc(C)ccc1NC1CC(C(C)C)C1. The topological polar surface area (TPSA) is 30.5 Å². The Bertz CT molecular complexity index is 425. The molecule has 3 nitrogen and oxygen atoms in total. The minimum Gasteiger partial charge on any atom is -0.489 e. The molecule has 1 aliphatic carbocycles. The predicted molar refractivity (Wildman–Crippen MR) is 83.5 cm³/mol. The fourth-order valence-corrected chi connectivity index (χ4v) is 2.65. The molecule has 1 aromatic rings. The predicted octanol–water partition coefficient (Wildman–Crippen LogP) is 3.87. The average Bonchev–Trinajstić information content (AvgIpc) is 2.35. The van der Waals surface area contributed by atoms with E-state index in [4.69, 9.17) is 9.47 Å². The number of ether oxygens (including phenoxy) is 2. The van der Waals surface area contributed by atoms with Gasteiger partial charge in [0.1, 0.15) is 12.4 Å². The maximum atomic E-state index is 5.81. The van der Waals surface area contributed by atoms with E-state index < -0.39 is 0 Å². The van der Waals surface area contributed by atoms with Gasteiger partial charge in [0, 0.05) is 13.2 Å². The lowest BCUT2D eigenvalue weighted by Gasteiger charge is -2.39. The number of nitrogens with one attached hydrogen (secondary N) is 1. The fraction of sp³-hybridized carbons (Fsp3) is 0.647. The number of rotatable bonds is 7. The van der Waals surface area contributed by atoms with Gasteiger partial charge in [-0.25, -0.2) is 0 Å². The highest BCUT2D eigenvalue weighted by Crippen LogP contribution is 2.37. The van der Waals surface area contributed by atoms with Crippen LogP contribution in [0.4, 0.5) is 5.69 Å². The van der Waals surface area contributed by atoms with Crippen LogP contribution in [-0.4, -0.2) is 26.4 Å². The molecule has 0 atom stereocenters. The summed E-state index contributed by atoms with van der Waals surface area (Å²) in [6.45, 7) is 7.92. The summed E-state index contributed by atoms with van der Waals surface area (Å²) in [5.41, 5.74) is 2.33. The molecule has 0 saturated heterocycles. The smallest absolute Gasteiger partial charge is 0.142 e. The lowest BCUT2D eigenvalue weighted by molar-refractivity contribution is 0.146. The van der Waals surface area contributed by atoms with E-state index in [9.17, 15) is 0 Å². The van der Waals surface area contributed by atoms with Gasteiger partial charge in [-0.1, -0.05) is 19.9 Å². The molecule has 1 aliphatic rings. The van der Waals surface area contributed by atoms with Gasteiger partial charge in [-0.15, -0.1) is 0 Å². The zero-order valence-corrected chi connectivity index (χ0v) is 13.1. The summed E-state index contributed by atoms with van der Waals surface area (Å²) in [6, 6.07) is 6.94. The Kier molecular flexibility index (Phi) is 5.30. The van der Waals surface area contributed by atoms with Crippen molar-refractivity contribution >= 4 is 5.69 Å². The van der Waals surface area contributed by atoms with E-state index in [1.807, 2.05) is 0 Å². The lowest BCUT2D eigenvalue weighted by atomic mass is 9.73. The van der Waals surface area contributed by atoms with Crippen molar-refractivity contribution in [3.05, 3.63) is 23.8 Å². The lowest BCUT2D eigenvalue weighted by Crippen LogP contribution is -2.38. The monoisotopic (exact) mass is 277 g/mol. The van der Waals surface area contributed by atoms with Crippen molar-refractivity contribution in [2.75, 3.05) is 25.6 Å². The highest BCUT2D eigenvalue weighted by atomic mass is 16.5. The highest BCUT2D eigenvalue weighted by molar-refractivity contribution is 5.58. The third-order valence-corrected chi connectivity index (χ3v) is 4.16. The third-order valence-electron chi connectivity index (χ3n) is 4.16. The fourth-order valence-electron chi connectivity index (χ4n) is 2.65. The Hall–Kier alpha value is -1.22. The van der Waals surface area contributed by atoms with Gasteiger partial charge in [0.2, 0.25) is 0 Å². The number of hydrogen-bond donors (Lipinski definition) is 1. The summed E-state index contributed by atoms with van der Waals surface area (Å²) < 4.78 is 10.9. The van der Waals surface area contributed by atoms with E-state index in [2.05, 4.69) is 44.3 Å². The van der Waals surface area contributed by atoms with E-state index in [1.54, 1.807) is 7.11 Å². The minimum absolute atomic E-state index is 0.591. The molecule has 0 radical (unpaired) electrons. The van der Waals surface area contributed by atoms with Crippen molar-refractivity contribution in [2.24, 2.45) is 11.8 Å². The molecule has 0 amide bonds. The quantitative estimate of drug-likeness (QED) is 0.768. The van der Waals surface area contributed by atoms with Crippen molar-refractivity contribution in [3.8, 4) is 5.75 Å². The first-order chi connectivity index (χ1) is 9.60. The van der Waals surface area contributed by atoms with Gasteiger partial charge in [0.15, 0.2) is 0 Å². The molecule has 0 bridgehead atoms. The van der Waals surface area contributed by atoms with Gasteiger partial charge in [-0.05, 0) is 49.3 Å². The van der Waals surface area contributed by atoms with Gasteiger partial charge in [-0.3, -0.25) is 0 Å². The maximum absolute atomic E-state index is 5.81. The average molecular weight is 277 g/mol. The van der Waals surface area contributed by atoms with Crippen molar-refractivity contribution < 1.29 is 9.47 Å². The van der Waals surface area contributed by atoms with Crippen LogP contribution in [0.2, 0.25) is 0 Å². The zero-order chi connectivity index (χ0) is 14.5. The molecule has 0 heterocycles. The van der Waals surface area contributed by atoms with Crippen LogP contribution in [0.5, 0.6) is 5.75 Å². The summed E-state index contributed by atoms with van der Waals surface area (Å²) in [4.78, 5) is 0. The van der Waals surface area contributed by atoms with Gasteiger partial charge < -0.3 is 14.8 Å². The second-order valence-corrected chi connectivity index (χ2v) is 6.16. The molecule has 0 unspecified atom stereocenters. The first-order valence-electron chi connectivity index (χ1n) is 7.59. The summed E-state index contributed by atoms with van der Waals surface area (Å²) in [7, 11) is 1.69. The van der Waals surface area contributed by atoms with E-state index in [0.717, 1.165) is 23.3 Å². The van der Waals surface area contributed by atoms with Gasteiger partial charge in [0.25, 0.3) is 0 Å². The number of aryl methyl sites for hydroxylation is 1. The van der Waals surface area contributed by atoms with Crippen molar-refractivity contribution in [1.29, 1.82) is 0 Å². The Balaban J connectivity index is 1.93. The summed E-state index contributed by atoms with van der Waals surface area (Å²) in [5.74, 6) is 2.61. The second kappa shape index (κ2) is 6.98. The molecule has 2 rings (SSSR count). The van der Waals surface area contributed by atoms with Crippen LogP contribution in [-0.2, 0) is 4.74 Å². The maximum Gasteiger partial charge on any atom is 0.142 e. The Morgan fingerprint density at radius 3 is 2.65 bits per heavy atom. The molecule has 0 aliphatic heterocycles. The summed E-state index contributed by atoms with van der Waals surface area (Å²) >= 11 is 0. The van der Waals surface area contributed by atoms with Crippen LogP contribution < -0.4 is 10.1 Å². The number of benzene rings is 1. The third kappa shape index (κ3) is 3.89. The molecule has 0 spiro atoms. The van der Waals surface area contributed by atoms with E-state index in [1.165, 1.54) is 18.4 Å². The van der Waals surface area contributed by atoms with Crippen LogP contribution in [0.15, 0.2) is 18.2 Å². The standard InChI is InChI=1S/C17H27NO2/c1-12(2)14-10-15(11-14)18-16-6-5-13(3)9-17(16)20-8-7-19-4/h5-6,9,12,14-15,18H,7-8,10-11H2,1-4H3. The van der Waals surface area contributed by atoms with E-state index >= 15 is 0 Å². The number of anilines is 1. The molecule has 20 heavy (non-hydrogen) atoms. The van der Waals surface area contributed by atoms with Crippen molar-refractivity contribution in [1.82, 2.24) is 0 Å². The van der Waals surface area contributed by atoms with E-state index in [-0.39, 0.29) is 0 Å². The first-order valence-corrected chi connectivity index (χ1v) is 7.59. The normalized spacial score (nSPS) is 21.6. The van der Waals surface area contributed by atoms with Crippen LogP contribution in [0.1, 0.15) is 32.3 Å². The first kappa shape index (κ1) is 15.2. The summed E-state index contributed by atoms with van der Waals surface area (Å²) in [5, 5.41) is 3.62. The Labute approximate surface area is 122 Å². The van der Waals surface area contributed by atoms with Crippen molar-refractivity contribution in [2.45, 2.75) is 39.7 Å². The molecule has 1 fully saturated rings. The van der Waals surface area contributed by atoms with Crippen LogP contribution in [0.25, 0.3) is 0 Å². The Morgan fingerprint density at radius 1 is 1.25 bits per heavy atom. The van der Waals surface area contributed by atoms with Gasteiger partial charge >= 0.3 is 0 Å². The molecule has 1 saturated carbocycles. The largest absolute Gasteiger partial charge is 0.489 e. The highest BCUT2D eigenvalue weighted by Gasteiger charge is 2.31. The van der Waals surface area contributed by atoms with Crippen LogP contribution in [0, 0.1) is 18.8 Å². The molecule has 3 heteroatoms. The zero-order valence-electron chi connectivity index (χ0n) is 13.1. The Morgan fingerprint density at radius 2 is 2.00 bits per heavy atom. The molecule has 0 aromatic heterocycles. The van der Waals surface area contributed by atoms with E-state index in [0.29, 0.717) is 19.3 Å².